The number of rotatable bonds is 2. The van der Waals surface area contributed by atoms with Crippen LogP contribution in [-0.4, -0.2) is 16.2 Å². The van der Waals surface area contributed by atoms with Gasteiger partial charge in [0.1, 0.15) is 0 Å². The van der Waals surface area contributed by atoms with Gasteiger partial charge in [-0.05, 0) is 24.6 Å². The highest BCUT2D eigenvalue weighted by atomic mass is 35.5. The summed E-state index contributed by atoms with van der Waals surface area (Å²) in [5.74, 6) is 0. The van der Waals surface area contributed by atoms with Gasteiger partial charge in [-0.15, -0.1) is 0 Å². The van der Waals surface area contributed by atoms with Gasteiger partial charge < -0.3 is 10.1 Å². The zero-order chi connectivity index (χ0) is 11.0. The van der Waals surface area contributed by atoms with Gasteiger partial charge >= 0.3 is 0 Å². The summed E-state index contributed by atoms with van der Waals surface area (Å²) in [6, 6.07) is 3.53. The Kier molecular flexibility index (Phi) is 2.91. The highest BCUT2D eigenvalue weighted by Gasteiger charge is 2.11. The molecule has 0 aliphatic carbocycles. The van der Waals surface area contributed by atoms with Gasteiger partial charge in [0.05, 0.1) is 21.7 Å². The third kappa shape index (κ3) is 1.98. The second kappa shape index (κ2) is 4.05. The lowest BCUT2D eigenvalue weighted by atomic mass is 10.1. The molecule has 0 spiro atoms. The first-order valence-electron chi connectivity index (χ1n) is 4.71. The van der Waals surface area contributed by atoms with Crippen molar-refractivity contribution < 1.29 is 5.11 Å². The maximum atomic E-state index is 9.35. The smallest absolute Gasteiger partial charge is 0.0661 e. The molecule has 4 heteroatoms. The molecule has 0 amide bonds. The fourth-order valence-electron chi connectivity index (χ4n) is 1.72. The molecule has 0 aliphatic rings. The number of hydrogen-bond donors (Lipinski definition) is 2. The molecule has 0 fully saturated rings. The molecular weight excluding hydrogens is 233 g/mol. The van der Waals surface area contributed by atoms with Gasteiger partial charge in [0, 0.05) is 18.0 Å². The Labute approximate surface area is 97.8 Å². The maximum Gasteiger partial charge on any atom is 0.0661 e. The Morgan fingerprint density at radius 2 is 2.00 bits per heavy atom. The molecule has 1 atom stereocenters. The molecule has 0 saturated heterocycles. The zero-order valence-corrected chi connectivity index (χ0v) is 9.73. The van der Waals surface area contributed by atoms with Crippen molar-refractivity contribution in [1.29, 1.82) is 0 Å². The minimum Gasteiger partial charge on any atom is -0.393 e. The quantitative estimate of drug-likeness (QED) is 0.834. The summed E-state index contributed by atoms with van der Waals surface area (Å²) in [6.07, 6.45) is 2.02. The third-order valence-corrected chi connectivity index (χ3v) is 2.96. The van der Waals surface area contributed by atoms with E-state index in [0.717, 1.165) is 16.5 Å². The van der Waals surface area contributed by atoms with E-state index in [1.165, 1.54) is 0 Å². The summed E-state index contributed by atoms with van der Waals surface area (Å²) in [7, 11) is 0. The summed E-state index contributed by atoms with van der Waals surface area (Å²) < 4.78 is 0. The van der Waals surface area contributed by atoms with Crippen molar-refractivity contribution in [2.24, 2.45) is 0 Å². The first-order valence-corrected chi connectivity index (χ1v) is 5.47. The van der Waals surface area contributed by atoms with Crippen LogP contribution in [0.5, 0.6) is 0 Å². The molecule has 1 aromatic carbocycles. The number of aromatic amines is 1. The zero-order valence-electron chi connectivity index (χ0n) is 8.22. The second-order valence-corrected chi connectivity index (χ2v) is 4.46. The maximum absolute atomic E-state index is 9.35. The van der Waals surface area contributed by atoms with Crippen LogP contribution >= 0.6 is 23.2 Å². The molecule has 1 heterocycles. The van der Waals surface area contributed by atoms with Crippen LogP contribution in [-0.2, 0) is 6.42 Å². The Morgan fingerprint density at radius 1 is 1.33 bits per heavy atom. The van der Waals surface area contributed by atoms with Gasteiger partial charge in [-0.1, -0.05) is 23.2 Å². The summed E-state index contributed by atoms with van der Waals surface area (Å²) in [4.78, 5) is 3.08. The predicted octanol–water partition coefficient (Wildman–Crippen LogP) is 3.40. The van der Waals surface area contributed by atoms with Crippen LogP contribution in [0.15, 0.2) is 18.3 Å². The van der Waals surface area contributed by atoms with E-state index in [1.54, 1.807) is 19.1 Å². The van der Waals surface area contributed by atoms with E-state index in [1.807, 2.05) is 6.20 Å². The molecule has 0 radical (unpaired) electrons. The molecule has 15 heavy (non-hydrogen) atoms. The number of hydrogen-bond acceptors (Lipinski definition) is 1. The third-order valence-electron chi connectivity index (χ3n) is 2.33. The summed E-state index contributed by atoms with van der Waals surface area (Å²) in [5, 5.41) is 11.6. The lowest BCUT2D eigenvalue weighted by Gasteiger charge is -2.03. The molecule has 0 saturated carbocycles. The Balaban J connectivity index is 2.62. The number of H-pyrrole nitrogens is 1. The number of benzene rings is 1. The standard InChI is InChI=1S/C11H11Cl2NO/c1-6(15)4-7-5-14-11-9(13)3-2-8(12)10(7)11/h2-3,5-6,14-15H,4H2,1H3. The van der Waals surface area contributed by atoms with Crippen LogP contribution in [0.1, 0.15) is 12.5 Å². The fraction of sp³-hybridized carbons (Fsp3) is 0.273. The molecule has 2 rings (SSSR count). The first-order chi connectivity index (χ1) is 7.09. The number of halogens is 2. The van der Waals surface area contributed by atoms with E-state index in [9.17, 15) is 5.11 Å². The van der Waals surface area contributed by atoms with E-state index >= 15 is 0 Å². The number of aliphatic hydroxyl groups is 1. The Bertz CT molecular complexity index is 491. The van der Waals surface area contributed by atoms with Crippen LogP contribution in [0.25, 0.3) is 10.9 Å². The SMILES string of the molecule is CC(O)Cc1c[nH]c2c(Cl)ccc(Cl)c12. The molecule has 2 nitrogen and oxygen atoms in total. The van der Waals surface area contributed by atoms with Gasteiger partial charge in [0.2, 0.25) is 0 Å². The van der Waals surface area contributed by atoms with Crippen molar-refractivity contribution in [2.75, 3.05) is 0 Å². The molecule has 1 aromatic heterocycles. The van der Waals surface area contributed by atoms with E-state index < -0.39 is 0 Å². The van der Waals surface area contributed by atoms with Crippen molar-refractivity contribution in [2.45, 2.75) is 19.4 Å². The first kappa shape index (κ1) is 10.8. The average Bonchev–Trinajstić information content (AvgIpc) is 2.56. The van der Waals surface area contributed by atoms with Crippen molar-refractivity contribution >= 4 is 34.1 Å². The second-order valence-electron chi connectivity index (χ2n) is 3.65. The highest BCUT2D eigenvalue weighted by molar-refractivity contribution is 6.40. The molecule has 2 N–H and O–H groups in total. The largest absolute Gasteiger partial charge is 0.393 e. The minimum absolute atomic E-state index is 0.390. The molecule has 80 valence electrons. The molecule has 1 unspecified atom stereocenters. The number of aliphatic hydroxyl groups excluding tert-OH is 1. The number of fused-ring (bicyclic) bond motifs is 1. The predicted molar refractivity (Wildman–Crippen MR) is 63.7 cm³/mol. The Morgan fingerprint density at radius 3 is 2.67 bits per heavy atom. The lowest BCUT2D eigenvalue weighted by molar-refractivity contribution is 0.196. The number of aromatic nitrogens is 1. The molecule has 2 aromatic rings. The van der Waals surface area contributed by atoms with Crippen molar-refractivity contribution in [3.8, 4) is 0 Å². The van der Waals surface area contributed by atoms with Crippen LogP contribution in [0.2, 0.25) is 10.0 Å². The van der Waals surface area contributed by atoms with Crippen LogP contribution in [0.3, 0.4) is 0 Å². The normalized spacial score (nSPS) is 13.3. The Hall–Kier alpha value is -0.700. The summed E-state index contributed by atoms with van der Waals surface area (Å²) >= 11 is 12.1. The summed E-state index contributed by atoms with van der Waals surface area (Å²) in [6.45, 7) is 1.75. The van der Waals surface area contributed by atoms with E-state index in [4.69, 9.17) is 23.2 Å². The summed E-state index contributed by atoms with van der Waals surface area (Å²) in [5.41, 5.74) is 1.83. The minimum atomic E-state index is -0.390. The van der Waals surface area contributed by atoms with Crippen molar-refractivity contribution in [1.82, 2.24) is 4.98 Å². The molecule has 0 aliphatic heterocycles. The van der Waals surface area contributed by atoms with Crippen LogP contribution in [0.4, 0.5) is 0 Å². The molecule has 0 bridgehead atoms. The van der Waals surface area contributed by atoms with E-state index in [2.05, 4.69) is 4.98 Å². The number of nitrogens with one attached hydrogen (secondary N) is 1. The van der Waals surface area contributed by atoms with Crippen molar-refractivity contribution in [3.63, 3.8) is 0 Å². The average molecular weight is 244 g/mol. The van der Waals surface area contributed by atoms with Gasteiger partial charge in [0.15, 0.2) is 0 Å². The van der Waals surface area contributed by atoms with Gasteiger partial charge in [-0.3, -0.25) is 0 Å². The molecular formula is C11H11Cl2NO. The lowest BCUT2D eigenvalue weighted by Crippen LogP contribution is -2.03. The van der Waals surface area contributed by atoms with Crippen LogP contribution < -0.4 is 0 Å². The topological polar surface area (TPSA) is 36.0 Å². The highest BCUT2D eigenvalue weighted by Crippen LogP contribution is 2.32. The van der Waals surface area contributed by atoms with Gasteiger partial charge in [-0.2, -0.15) is 0 Å². The van der Waals surface area contributed by atoms with E-state index in [0.29, 0.717) is 16.5 Å². The van der Waals surface area contributed by atoms with Gasteiger partial charge in [0.25, 0.3) is 0 Å². The van der Waals surface area contributed by atoms with E-state index in [-0.39, 0.29) is 6.10 Å². The van der Waals surface area contributed by atoms with Crippen LogP contribution in [0, 0.1) is 0 Å². The monoisotopic (exact) mass is 243 g/mol. The fourth-order valence-corrected chi connectivity index (χ4v) is 2.21. The van der Waals surface area contributed by atoms with Crippen molar-refractivity contribution in [3.05, 3.63) is 33.9 Å². The van der Waals surface area contributed by atoms with Gasteiger partial charge in [-0.25, -0.2) is 0 Å².